The molecular formula is C15H24O. The average Bonchev–Trinajstić information content (AvgIpc) is 2.26. The second-order valence-electron chi connectivity index (χ2n) is 4.98. The number of hydrogen-bond donors (Lipinski definition) is 0. The first kappa shape index (κ1) is 13.1. The third kappa shape index (κ3) is 3.26. The van der Waals surface area contributed by atoms with Crippen molar-refractivity contribution in [2.24, 2.45) is 0 Å². The Morgan fingerprint density at radius 1 is 1.06 bits per heavy atom. The molecule has 0 N–H and O–H groups in total. The molecule has 1 rings (SSSR count). The molecule has 0 radical (unpaired) electrons. The summed E-state index contributed by atoms with van der Waals surface area (Å²) in [7, 11) is 0. The lowest BCUT2D eigenvalue weighted by atomic mass is 9.80. The fraction of sp³-hybridized carbons (Fsp3) is 0.600. The van der Waals surface area contributed by atoms with Gasteiger partial charge in [0.05, 0.1) is 6.61 Å². The van der Waals surface area contributed by atoms with Gasteiger partial charge in [0.1, 0.15) is 5.75 Å². The Morgan fingerprint density at radius 3 is 2.38 bits per heavy atom. The zero-order chi connectivity index (χ0) is 12.0. The molecule has 1 aromatic carbocycles. The molecule has 0 aromatic heterocycles. The predicted molar refractivity (Wildman–Crippen MR) is 70.2 cm³/mol. The van der Waals surface area contributed by atoms with Gasteiger partial charge in [-0.25, -0.2) is 0 Å². The normalized spacial score (nSPS) is 11.5. The molecule has 1 nitrogen and oxygen atoms in total. The zero-order valence-electron chi connectivity index (χ0n) is 11.0. The minimum Gasteiger partial charge on any atom is -0.493 e. The number of benzene rings is 1. The van der Waals surface area contributed by atoms with Crippen molar-refractivity contribution in [1.29, 1.82) is 0 Å². The summed E-state index contributed by atoms with van der Waals surface area (Å²) in [5, 5.41) is 0. The topological polar surface area (TPSA) is 9.23 Å². The van der Waals surface area contributed by atoms with Crippen LogP contribution < -0.4 is 4.74 Å². The first-order valence-corrected chi connectivity index (χ1v) is 6.34. The summed E-state index contributed by atoms with van der Waals surface area (Å²) in [6, 6.07) is 8.44. The van der Waals surface area contributed by atoms with E-state index in [2.05, 4.69) is 52.0 Å². The minimum absolute atomic E-state index is 0.207. The van der Waals surface area contributed by atoms with Crippen LogP contribution in [0.25, 0.3) is 0 Å². The molecule has 0 aliphatic carbocycles. The van der Waals surface area contributed by atoms with E-state index in [0.29, 0.717) is 0 Å². The molecule has 1 heteroatoms. The third-order valence-corrected chi connectivity index (χ3v) is 2.95. The van der Waals surface area contributed by atoms with E-state index in [9.17, 15) is 0 Å². The molecule has 0 bridgehead atoms. The maximum atomic E-state index is 5.82. The Morgan fingerprint density at radius 2 is 1.75 bits per heavy atom. The lowest BCUT2D eigenvalue weighted by Crippen LogP contribution is -2.18. The molecule has 0 aliphatic rings. The van der Waals surface area contributed by atoms with E-state index in [-0.39, 0.29) is 5.41 Å². The summed E-state index contributed by atoms with van der Waals surface area (Å²) in [6.07, 6.45) is 3.46. The van der Waals surface area contributed by atoms with E-state index in [4.69, 9.17) is 4.74 Å². The lowest BCUT2D eigenvalue weighted by molar-refractivity contribution is 0.305. The summed E-state index contributed by atoms with van der Waals surface area (Å²) >= 11 is 0. The highest BCUT2D eigenvalue weighted by Crippen LogP contribution is 2.34. The van der Waals surface area contributed by atoms with Crippen molar-refractivity contribution in [3.05, 3.63) is 29.8 Å². The van der Waals surface area contributed by atoms with Crippen LogP contribution in [-0.4, -0.2) is 6.61 Å². The Labute approximate surface area is 99.8 Å². The van der Waals surface area contributed by atoms with Gasteiger partial charge in [0, 0.05) is 0 Å². The van der Waals surface area contributed by atoms with Crippen LogP contribution in [0.3, 0.4) is 0 Å². The summed E-state index contributed by atoms with van der Waals surface area (Å²) in [6.45, 7) is 9.77. The molecule has 0 amide bonds. The van der Waals surface area contributed by atoms with E-state index in [1.165, 1.54) is 18.4 Å². The number of ether oxygens (including phenoxy) is 1. The zero-order valence-corrected chi connectivity index (χ0v) is 11.0. The van der Waals surface area contributed by atoms with Crippen LogP contribution in [0.1, 0.15) is 52.5 Å². The number of para-hydroxylation sites is 1. The molecule has 0 saturated carbocycles. The van der Waals surface area contributed by atoms with Gasteiger partial charge < -0.3 is 4.74 Å². The summed E-state index contributed by atoms with van der Waals surface area (Å²) in [4.78, 5) is 0. The van der Waals surface area contributed by atoms with Crippen LogP contribution in [0.15, 0.2) is 24.3 Å². The van der Waals surface area contributed by atoms with E-state index in [1.54, 1.807) is 0 Å². The van der Waals surface area contributed by atoms with Gasteiger partial charge in [-0.05, 0) is 29.9 Å². The molecule has 0 spiro atoms. The van der Waals surface area contributed by atoms with Gasteiger partial charge in [-0.2, -0.15) is 0 Å². The molecule has 0 fully saturated rings. The Hall–Kier alpha value is -0.980. The van der Waals surface area contributed by atoms with Crippen molar-refractivity contribution in [3.63, 3.8) is 0 Å². The highest BCUT2D eigenvalue weighted by atomic mass is 16.5. The third-order valence-electron chi connectivity index (χ3n) is 2.95. The molecule has 0 aliphatic heterocycles. The largest absolute Gasteiger partial charge is 0.493 e. The van der Waals surface area contributed by atoms with E-state index in [0.717, 1.165) is 18.8 Å². The van der Waals surface area contributed by atoms with Gasteiger partial charge in [0.15, 0.2) is 0 Å². The highest BCUT2D eigenvalue weighted by Gasteiger charge is 2.22. The fourth-order valence-corrected chi connectivity index (χ4v) is 2.12. The molecule has 90 valence electrons. The van der Waals surface area contributed by atoms with Crippen molar-refractivity contribution in [2.75, 3.05) is 6.61 Å². The molecule has 0 unspecified atom stereocenters. The SMILES string of the molecule is CCCOc1ccccc1C(C)(C)CCC. The molecule has 16 heavy (non-hydrogen) atoms. The van der Waals surface area contributed by atoms with Gasteiger partial charge in [0.25, 0.3) is 0 Å². The van der Waals surface area contributed by atoms with Crippen LogP contribution in [0.4, 0.5) is 0 Å². The van der Waals surface area contributed by atoms with E-state index < -0.39 is 0 Å². The summed E-state index contributed by atoms with van der Waals surface area (Å²) in [5.74, 6) is 1.06. The molecule has 0 saturated heterocycles. The lowest BCUT2D eigenvalue weighted by Gasteiger charge is -2.27. The first-order valence-electron chi connectivity index (χ1n) is 6.34. The Bertz CT molecular complexity index is 315. The van der Waals surface area contributed by atoms with Crippen molar-refractivity contribution >= 4 is 0 Å². The summed E-state index contributed by atoms with van der Waals surface area (Å²) in [5.41, 5.74) is 1.55. The second kappa shape index (κ2) is 5.93. The van der Waals surface area contributed by atoms with Gasteiger partial charge in [-0.1, -0.05) is 52.3 Å². The highest BCUT2D eigenvalue weighted by molar-refractivity contribution is 5.38. The van der Waals surface area contributed by atoms with Gasteiger partial charge in [-0.15, -0.1) is 0 Å². The second-order valence-corrected chi connectivity index (χ2v) is 4.98. The maximum Gasteiger partial charge on any atom is 0.123 e. The summed E-state index contributed by atoms with van der Waals surface area (Å²) < 4.78 is 5.82. The van der Waals surface area contributed by atoms with Crippen LogP contribution in [-0.2, 0) is 5.41 Å². The van der Waals surface area contributed by atoms with Gasteiger partial charge in [-0.3, -0.25) is 0 Å². The maximum absolute atomic E-state index is 5.82. The van der Waals surface area contributed by atoms with Gasteiger partial charge in [0.2, 0.25) is 0 Å². The predicted octanol–water partition coefficient (Wildman–Crippen LogP) is 4.55. The fourth-order valence-electron chi connectivity index (χ4n) is 2.12. The molecular weight excluding hydrogens is 196 g/mol. The standard InChI is InChI=1S/C15H24O/c1-5-11-15(3,4)13-9-7-8-10-14(13)16-12-6-2/h7-10H,5-6,11-12H2,1-4H3. The molecule has 0 atom stereocenters. The Kier molecular flexibility index (Phi) is 4.85. The van der Waals surface area contributed by atoms with E-state index in [1.807, 2.05) is 0 Å². The first-order chi connectivity index (χ1) is 7.61. The smallest absolute Gasteiger partial charge is 0.123 e. The van der Waals surface area contributed by atoms with Crippen molar-refractivity contribution in [1.82, 2.24) is 0 Å². The van der Waals surface area contributed by atoms with Crippen LogP contribution >= 0.6 is 0 Å². The minimum atomic E-state index is 0.207. The van der Waals surface area contributed by atoms with Crippen LogP contribution in [0.2, 0.25) is 0 Å². The molecule has 1 aromatic rings. The van der Waals surface area contributed by atoms with Gasteiger partial charge >= 0.3 is 0 Å². The average molecular weight is 220 g/mol. The quantitative estimate of drug-likeness (QED) is 0.683. The monoisotopic (exact) mass is 220 g/mol. The number of hydrogen-bond acceptors (Lipinski definition) is 1. The van der Waals surface area contributed by atoms with Crippen molar-refractivity contribution < 1.29 is 4.74 Å². The van der Waals surface area contributed by atoms with Crippen LogP contribution in [0.5, 0.6) is 5.75 Å². The molecule has 0 heterocycles. The van der Waals surface area contributed by atoms with Crippen molar-refractivity contribution in [2.45, 2.75) is 52.4 Å². The van der Waals surface area contributed by atoms with E-state index >= 15 is 0 Å². The van der Waals surface area contributed by atoms with Crippen LogP contribution in [0, 0.1) is 0 Å². The number of rotatable bonds is 6. The van der Waals surface area contributed by atoms with Crippen molar-refractivity contribution in [3.8, 4) is 5.75 Å². The Balaban J connectivity index is 2.93.